The molecule has 25 heavy (non-hydrogen) atoms. The number of rotatable bonds is 7. The quantitative estimate of drug-likeness (QED) is 0.812. The topological polar surface area (TPSA) is 56.3 Å². The Hall–Kier alpha value is -2.35. The number of benzene rings is 1. The molecule has 2 aromatic rings. The first-order valence-electron chi connectivity index (χ1n) is 7.78. The Balaban J connectivity index is 2.36. The predicted molar refractivity (Wildman–Crippen MR) is 87.7 cm³/mol. The van der Waals surface area contributed by atoms with E-state index in [4.69, 9.17) is 9.47 Å². The zero-order valence-corrected chi connectivity index (χ0v) is 14.5. The highest BCUT2D eigenvalue weighted by Gasteiger charge is 2.18. The van der Waals surface area contributed by atoms with Crippen LogP contribution in [0.15, 0.2) is 12.1 Å². The summed E-state index contributed by atoms with van der Waals surface area (Å²) in [5.74, 6) is -2.27. The monoisotopic (exact) mass is 355 g/mol. The molecule has 8 heteroatoms. The van der Waals surface area contributed by atoms with Gasteiger partial charge < -0.3 is 14.8 Å². The second kappa shape index (κ2) is 8.15. The summed E-state index contributed by atoms with van der Waals surface area (Å²) >= 11 is 0. The molecule has 2 rings (SSSR count). The Morgan fingerprint density at radius 3 is 2.32 bits per heavy atom. The fourth-order valence-electron chi connectivity index (χ4n) is 2.20. The second-order valence-corrected chi connectivity index (χ2v) is 5.52. The molecule has 0 amide bonds. The molecular formula is C17H20F3N3O2. The molecule has 1 aromatic heterocycles. The van der Waals surface area contributed by atoms with Crippen LogP contribution in [0, 0.1) is 31.3 Å². The molecule has 0 radical (unpaired) electrons. The van der Waals surface area contributed by atoms with Crippen LogP contribution in [-0.4, -0.2) is 29.8 Å². The molecule has 0 saturated carbocycles. The maximum atomic E-state index is 13.9. The van der Waals surface area contributed by atoms with Crippen LogP contribution in [0.4, 0.5) is 24.7 Å². The van der Waals surface area contributed by atoms with Gasteiger partial charge in [0.05, 0.1) is 12.2 Å². The number of methoxy groups -OCH3 is 1. The van der Waals surface area contributed by atoms with E-state index in [9.17, 15) is 13.2 Å². The van der Waals surface area contributed by atoms with E-state index in [-0.39, 0.29) is 11.9 Å². The average molecular weight is 355 g/mol. The van der Waals surface area contributed by atoms with Crippen LogP contribution in [0.5, 0.6) is 5.88 Å². The lowest BCUT2D eigenvalue weighted by atomic mass is 10.2. The molecule has 0 saturated heterocycles. The fraction of sp³-hybridized carbons (Fsp3) is 0.412. The highest BCUT2D eigenvalue weighted by atomic mass is 19.1. The lowest BCUT2D eigenvalue weighted by Gasteiger charge is -2.19. The predicted octanol–water partition coefficient (Wildman–Crippen LogP) is 4.06. The molecule has 1 N–H and O–H groups in total. The SMILES string of the molecule is CCC(COC)Oc1nc(C)nc(Nc2c(F)cc(F)cc2F)c1C. The largest absolute Gasteiger partial charge is 0.472 e. The number of hydrogen-bond acceptors (Lipinski definition) is 5. The van der Waals surface area contributed by atoms with Crippen molar-refractivity contribution in [1.82, 2.24) is 9.97 Å². The van der Waals surface area contributed by atoms with Crippen molar-refractivity contribution < 1.29 is 22.6 Å². The summed E-state index contributed by atoms with van der Waals surface area (Å²) in [6.07, 6.45) is 0.477. The third-order valence-electron chi connectivity index (χ3n) is 3.55. The van der Waals surface area contributed by atoms with Crippen molar-refractivity contribution in [2.45, 2.75) is 33.3 Å². The van der Waals surface area contributed by atoms with Crippen LogP contribution in [0.3, 0.4) is 0 Å². The molecular weight excluding hydrogens is 335 g/mol. The summed E-state index contributed by atoms with van der Waals surface area (Å²) in [5.41, 5.74) is -0.0132. The molecule has 0 aliphatic rings. The lowest BCUT2D eigenvalue weighted by molar-refractivity contribution is 0.0750. The van der Waals surface area contributed by atoms with Crippen molar-refractivity contribution >= 4 is 11.5 Å². The van der Waals surface area contributed by atoms with Gasteiger partial charge in [-0.2, -0.15) is 4.98 Å². The molecule has 1 unspecified atom stereocenters. The molecule has 0 aliphatic carbocycles. The minimum Gasteiger partial charge on any atom is -0.472 e. The highest BCUT2D eigenvalue weighted by molar-refractivity contribution is 5.62. The van der Waals surface area contributed by atoms with Crippen LogP contribution in [0.25, 0.3) is 0 Å². The summed E-state index contributed by atoms with van der Waals surface area (Å²) in [5, 5.41) is 2.56. The number of ether oxygens (including phenoxy) is 2. The summed E-state index contributed by atoms with van der Waals surface area (Å²) in [7, 11) is 1.57. The van der Waals surface area contributed by atoms with Crippen molar-refractivity contribution in [2.75, 3.05) is 19.0 Å². The summed E-state index contributed by atoms with van der Waals surface area (Å²) in [6, 6.07) is 1.19. The Kier molecular flexibility index (Phi) is 6.19. The molecule has 1 atom stereocenters. The van der Waals surface area contributed by atoms with Crippen molar-refractivity contribution in [3.05, 3.63) is 41.0 Å². The smallest absolute Gasteiger partial charge is 0.222 e. The van der Waals surface area contributed by atoms with Gasteiger partial charge in [0.15, 0.2) is 11.6 Å². The number of aromatic nitrogens is 2. The van der Waals surface area contributed by atoms with Gasteiger partial charge in [0.2, 0.25) is 5.88 Å². The number of nitrogens with zero attached hydrogens (tertiary/aromatic N) is 2. The van der Waals surface area contributed by atoms with E-state index in [2.05, 4.69) is 15.3 Å². The summed E-state index contributed by atoms with van der Waals surface area (Å²) < 4.78 is 51.7. The summed E-state index contributed by atoms with van der Waals surface area (Å²) in [4.78, 5) is 8.38. The molecule has 0 bridgehead atoms. The second-order valence-electron chi connectivity index (χ2n) is 5.52. The first-order valence-corrected chi connectivity index (χ1v) is 7.78. The van der Waals surface area contributed by atoms with Gasteiger partial charge in [-0.25, -0.2) is 18.2 Å². The van der Waals surface area contributed by atoms with Crippen LogP contribution >= 0.6 is 0 Å². The number of hydrogen-bond donors (Lipinski definition) is 1. The Morgan fingerprint density at radius 2 is 1.76 bits per heavy atom. The molecule has 1 heterocycles. The number of anilines is 2. The van der Waals surface area contributed by atoms with E-state index < -0.39 is 23.1 Å². The van der Waals surface area contributed by atoms with Gasteiger partial charge in [-0.15, -0.1) is 0 Å². The van der Waals surface area contributed by atoms with E-state index in [1.807, 2.05) is 6.92 Å². The van der Waals surface area contributed by atoms with Gasteiger partial charge in [0.25, 0.3) is 0 Å². The van der Waals surface area contributed by atoms with E-state index >= 15 is 0 Å². The first-order chi connectivity index (χ1) is 11.8. The van der Waals surface area contributed by atoms with Crippen molar-refractivity contribution in [2.24, 2.45) is 0 Å². The van der Waals surface area contributed by atoms with Crippen molar-refractivity contribution in [3.8, 4) is 5.88 Å². The normalized spacial score (nSPS) is 12.1. The molecule has 136 valence electrons. The number of halogens is 3. The van der Waals surface area contributed by atoms with Crippen LogP contribution in [-0.2, 0) is 4.74 Å². The van der Waals surface area contributed by atoms with Gasteiger partial charge in [-0.05, 0) is 20.3 Å². The third-order valence-corrected chi connectivity index (χ3v) is 3.55. The highest BCUT2D eigenvalue weighted by Crippen LogP contribution is 2.29. The maximum Gasteiger partial charge on any atom is 0.222 e. The van der Waals surface area contributed by atoms with Gasteiger partial charge in [-0.1, -0.05) is 6.92 Å². The van der Waals surface area contributed by atoms with Crippen molar-refractivity contribution in [3.63, 3.8) is 0 Å². The Bertz CT molecular complexity index is 733. The van der Waals surface area contributed by atoms with Crippen LogP contribution < -0.4 is 10.1 Å². The number of aryl methyl sites for hydroxylation is 1. The van der Waals surface area contributed by atoms with Crippen LogP contribution in [0.2, 0.25) is 0 Å². The lowest BCUT2D eigenvalue weighted by Crippen LogP contribution is -2.22. The zero-order chi connectivity index (χ0) is 18.6. The minimum absolute atomic E-state index is 0.180. The van der Waals surface area contributed by atoms with E-state index in [1.54, 1.807) is 21.0 Å². The van der Waals surface area contributed by atoms with Gasteiger partial charge >= 0.3 is 0 Å². The summed E-state index contributed by atoms with van der Waals surface area (Å²) in [6.45, 7) is 5.61. The minimum atomic E-state index is -1.05. The maximum absolute atomic E-state index is 13.9. The fourth-order valence-corrected chi connectivity index (χ4v) is 2.20. The molecule has 5 nitrogen and oxygen atoms in total. The Morgan fingerprint density at radius 1 is 1.12 bits per heavy atom. The van der Waals surface area contributed by atoms with Crippen LogP contribution in [0.1, 0.15) is 24.7 Å². The van der Waals surface area contributed by atoms with Gasteiger partial charge in [-0.3, -0.25) is 0 Å². The standard InChI is InChI=1S/C17H20F3N3O2/c1-5-12(8-24-4)25-17-9(2)16(21-10(3)22-17)23-15-13(19)6-11(18)7-14(15)20/h6-7,12H,5,8H2,1-4H3,(H,21,22,23). The van der Waals surface area contributed by atoms with Crippen molar-refractivity contribution in [1.29, 1.82) is 0 Å². The average Bonchev–Trinajstić information content (AvgIpc) is 2.54. The molecule has 0 aliphatic heterocycles. The van der Waals surface area contributed by atoms with Gasteiger partial charge in [0.1, 0.15) is 29.3 Å². The van der Waals surface area contributed by atoms with Gasteiger partial charge in [0, 0.05) is 19.2 Å². The molecule has 0 fully saturated rings. The van der Waals surface area contributed by atoms with E-state index in [0.717, 1.165) is 0 Å². The Labute approximate surface area is 144 Å². The van der Waals surface area contributed by atoms with E-state index in [1.165, 1.54) is 0 Å². The molecule has 0 spiro atoms. The van der Waals surface area contributed by atoms with E-state index in [0.29, 0.717) is 42.4 Å². The first kappa shape index (κ1) is 19.0. The zero-order valence-electron chi connectivity index (χ0n) is 14.5. The third kappa shape index (κ3) is 4.60. The number of nitrogens with one attached hydrogen (secondary N) is 1. The molecule has 1 aromatic carbocycles.